The zero-order valence-electron chi connectivity index (χ0n) is 23.9. The monoisotopic (exact) mass is 597 g/mol. The maximum absolute atomic E-state index is 15.2. The summed E-state index contributed by atoms with van der Waals surface area (Å²) in [5.74, 6) is -0.817. The molecule has 2 fully saturated rings. The fourth-order valence-electron chi connectivity index (χ4n) is 4.87. The molecule has 2 aliphatic rings. The lowest BCUT2D eigenvalue weighted by molar-refractivity contribution is -0.131. The van der Waals surface area contributed by atoms with Crippen LogP contribution in [-0.4, -0.2) is 79.0 Å². The largest absolute Gasteiger partial charge is 0.442 e. The first-order valence-electron chi connectivity index (χ1n) is 14.1. The number of anilines is 2. The number of rotatable bonds is 11. The molecule has 2 aliphatic heterocycles. The van der Waals surface area contributed by atoms with Crippen molar-refractivity contribution >= 4 is 52.3 Å². The first kappa shape index (κ1) is 30.9. The summed E-state index contributed by atoms with van der Waals surface area (Å²) in [7, 11) is 0. The van der Waals surface area contributed by atoms with Crippen molar-refractivity contribution in [3.63, 3.8) is 0 Å². The number of cyclic esters (lactones) is 1. The molecular formula is C30H36FN5O5S. The summed E-state index contributed by atoms with van der Waals surface area (Å²) in [6.07, 6.45) is -0.00942. The van der Waals surface area contributed by atoms with E-state index < -0.39 is 11.9 Å². The van der Waals surface area contributed by atoms with Crippen molar-refractivity contribution < 1.29 is 28.3 Å². The Morgan fingerprint density at radius 1 is 1.02 bits per heavy atom. The molecule has 224 valence electrons. The third kappa shape index (κ3) is 8.03. The molecule has 0 bridgehead atoms. The summed E-state index contributed by atoms with van der Waals surface area (Å²) in [5.41, 5.74) is 2.23. The number of carbonyl (C=O) groups is 4. The van der Waals surface area contributed by atoms with E-state index in [1.54, 1.807) is 41.3 Å². The van der Waals surface area contributed by atoms with Gasteiger partial charge in [-0.05, 0) is 30.2 Å². The summed E-state index contributed by atoms with van der Waals surface area (Å²) in [4.78, 5) is 54.5. The van der Waals surface area contributed by atoms with Crippen molar-refractivity contribution in [1.82, 2.24) is 15.5 Å². The summed E-state index contributed by atoms with van der Waals surface area (Å²) in [6.45, 7) is 6.20. The van der Waals surface area contributed by atoms with Gasteiger partial charge in [0.1, 0.15) is 11.9 Å². The number of nitrogens with one attached hydrogen (secondary N) is 2. The highest BCUT2D eigenvalue weighted by atomic mass is 32.1. The van der Waals surface area contributed by atoms with Gasteiger partial charge in [0.15, 0.2) is 5.78 Å². The quantitative estimate of drug-likeness (QED) is 0.300. The molecule has 2 aromatic carbocycles. The molecule has 2 saturated heterocycles. The van der Waals surface area contributed by atoms with Crippen molar-refractivity contribution in [3.8, 4) is 0 Å². The van der Waals surface area contributed by atoms with Crippen molar-refractivity contribution in [3.05, 3.63) is 59.4 Å². The zero-order valence-corrected chi connectivity index (χ0v) is 24.7. The molecule has 0 aromatic heterocycles. The van der Waals surface area contributed by atoms with Crippen LogP contribution < -0.4 is 20.4 Å². The SMILES string of the molecule is CCC(=S)NC[C@@H]1CN(c2ccc(N3CCN(C(=O)CCC(=O)c4ccc(CNC(C)=O)cc4)CC3)c(F)c2)C(=O)O1. The van der Waals surface area contributed by atoms with Crippen LogP contribution >= 0.6 is 12.2 Å². The highest BCUT2D eigenvalue weighted by molar-refractivity contribution is 7.80. The van der Waals surface area contributed by atoms with E-state index >= 15 is 4.39 Å². The molecule has 10 nitrogen and oxygen atoms in total. The fraction of sp³-hybridized carbons (Fsp3) is 0.433. The Hall–Kier alpha value is -4.06. The first-order chi connectivity index (χ1) is 20.1. The van der Waals surface area contributed by atoms with Crippen LogP contribution in [0.25, 0.3) is 0 Å². The van der Waals surface area contributed by atoms with Gasteiger partial charge in [-0.25, -0.2) is 9.18 Å². The van der Waals surface area contributed by atoms with Crippen LogP contribution in [0.15, 0.2) is 42.5 Å². The zero-order chi connectivity index (χ0) is 30.2. The van der Waals surface area contributed by atoms with Crippen LogP contribution in [0.2, 0.25) is 0 Å². The number of Topliss-reactive ketones (excluding diaryl/α,β-unsaturated/α-hetero) is 1. The Labute approximate surface area is 250 Å². The highest BCUT2D eigenvalue weighted by Gasteiger charge is 2.33. The lowest BCUT2D eigenvalue weighted by Crippen LogP contribution is -2.49. The second-order valence-electron chi connectivity index (χ2n) is 10.3. The number of halogens is 1. The van der Waals surface area contributed by atoms with Crippen LogP contribution in [-0.2, 0) is 20.9 Å². The number of benzene rings is 2. The van der Waals surface area contributed by atoms with Gasteiger partial charge in [-0.15, -0.1) is 0 Å². The van der Waals surface area contributed by atoms with Gasteiger partial charge in [0.2, 0.25) is 11.8 Å². The Morgan fingerprint density at radius 2 is 1.74 bits per heavy atom. The molecule has 1 atom stereocenters. The summed E-state index contributed by atoms with van der Waals surface area (Å²) in [6, 6.07) is 11.6. The smallest absolute Gasteiger partial charge is 0.414 e. The van der Waals surface area contributed by atoms with Gasteiger partial charge < -0.3 is 25.2 Å². The van der Waals surface area contributed by atoms with Crippen molar-refractivity contribution in [2.75, 3.05) is 49.1 Å². The average molecular weight is 598 g/mol. The van der Waals surface area contributed by atoms with Crippen LogP contribution in [0.1, 0.15) is 49.0 Å². The van der Waals surface area contributed by atoms with E-state index in [9.17, 15) is 19.2 Å². The molecule has 2 N–H and O–H groups in total. The number of carbonyl (C=O) groups excluding carboxylic acids is 4. The van der Waals surface area contributed by atoms with Gasteiger partial charge >= 0.3 is 6.09 Å². The van der Waals surface area contributed by atoms with Crippen molar-refractivity contribution in [1.29, 1.82) is 0 Å². The molecule has 0 aliphatic carbocycles. The molecule has 0 spiro atoms. The highest BCUT2D eigenvalue weighted by Crippen LogP contribution is 2.28. The van der Waals surface area contributed by atoms with Crippen molar-refractivity contribution in [2.45, 2.75) is 45.8 Å². The number of piperazine rings is 1. The molecule has 2 aromatic rings. The normalized spacial score (nSPS) is 16.7. The Morgan fingerprint density at radius 3 is 2.38 bits per heavy atom. The molecule has 0 radical (unpaired) electrons. The minimum Gasteiger partial charge on any atom is -0.442 e. The number of hydrogen-bond acceptors (Lipinski definition) is 7. The molecule has 42 heavy (non-hydrogen) atoms. The van der Waals surface area contributed by atoms with Crippen LogP contribution in [0, 0.1) is 5.82 Å². The van der Waals surface area contributed by atoms with E-state index in [0.717, 1.165) is 5.56 Å². The van der Waals surface area contributed by atoms with E-state index in [2.05, 4.69) is 10.6 Å². The predicted octanol–water partition coefficient (Wildman–Crippen LogP) is 3.43. The number of nitrogens with zero attached hydrogens (tertiary/aromatic N) is 3. The fourth-order valence-corrected chi connectivity index (χ4v) is 4.95. The van der Waals surface area contributed by atoms with Gasteiger partial charge in [-0.2, -0.15) is 0 Å². The third-order valence-corrected chi connectivity index (χ3v) is 7.75. The average Bonchev–Trinajstić information content (AvgIpc) is 3.37. The van der Waals surface area contributed by atoms with Crippen molar-refractivity contribution in [2.24, 2.45) is 0 Å². The summed E-state index contributed by atoms with van der Waals surface area (Å²) >= 11 is 5.15. The molecular weight excluding hydrogens is 561 g/mol. The van der Waals surface area contributed by atoms with E-state index in [0.29, 0.717) is 74.2 Å². The standard InChI is InChI=1S/C30H36FN5O5S/c1-3-28(42)33-18-24-19-36(30(40)41-24)23-8-9-26(25(31)16-23)34-12-14-35(15-13-34)29(39)11-10-27(38)22-6-4-21(5-7-22)17-32-20(2)37/h4-9,16,24H,3,10-15,17-19H2,1-2H3,(H,32,37)(H,33,42)/t24-/m1/s1. The number of amides is 3. The van der Waals surface area contributed by atoms with Crippen LogP contribution in [0.3, 0.4) is 0 Å². The molecule has 0 unspecified atom stereocenters. The molecule has 3 amide bonds. The van der Waals surface area contributed by atoms with E-state index in [4.69, 9.17) is 17.0 Å². The third-order valence-electron chi connectivity index (χ3n) is 7.32. The Balaban J connectivity index is 1.24. The van der Waals surface area contributed by atoms with Gasteiger partial charge in [-0.3, -0.25) is 19.3 Å². The maximum atomic E-state index is 15.2. The first-order valence-corrected chi connectivity index (χ1v) is 14.5. The molecule has 2 heterocycles. The van der Waals surface area contributed by atoms with Crippen LogP contribution in [0.4, 0.5) is 20.6 Å². The second-order valence-corrected chi connectivity index (χ2v) is 10.8. The number of ketones is 1. The Kier molecular flexibility index (Phi) is 10.5. The van der Waals surface area contributed by atoms with Gasteiger partial charge in [0, 0.05) is 58.1 Å². The van der Waals surface area contributed by atoms with Gasteiger partial charge in [0.05, 0.1) is 29.5 Å². The van der Waals surface area contributed by atoms with Crippen LogP contribution in [0.5, 0.6) is 0 Å². The summed E-state index contributed by atoms with van der Waals surface area (Å²) in [5, 5.41) is 5.77. The van der Waals surface area contributed by atoms with Gasteiger partial charge in [-0.1, -0.05) is 43.4 Å². The van der Waals surface area contributed by atoms with E-state index in [-0.39, 0.29) is 36.5 Å². The number of hydrogen-bond donors (Lipinski definition) is 2. The number of ether oxygens (including phenoxy) is 1. The molecule has 4 rings (SSSR count). The minimum absolute atomic E-state index is 0.0985. The van der Waals surface area contributed by atoms with E-state index in [1.807, 2.05) is 11.8 Å². The second kappa shape index (κ2) is 14.2. The summed E-state index contributed by atoms with van der Waals surface area (Å²) < 4.78 is 20.5. The maximum Gasteiger partial charge on any atom is 0.414 e. The lowest BCUT2D eigenvalue weighted by Gasteiger charge is -2.36. The van der Waals surface area contributed by atoms with E-state index in [1.165, 1.54) is 17.9 Å². The lowest BCUT2D eigenvalue weighted by atomic mass is 10.0. The topological polar surface area (TPSA) is 111 Å². The Bertz CT molecular complexity index is 1330. The minimum atomic E-state index is -0.527. The molecule has 12 heteroatoms. The number of thiocarbonyl (C=S) groups is 1. The molecule has 0 saturated carbocycles. The predicted molar refractivity (Wildman–Crippen MR) is 161 cm³/mol. The van der Waals surface area contributed by atoms with Gasteiger partial charge in [0.25, 0.3) is 0 Å².